The summed E-state index contributed by atoms with van der Waals surface area (Å²) in [5.41, 5.74) is 7.54. The molecule has 1 aromatic carbocycles. The summed E-state index contributed by atoms with van der Waals surface area (Å²) in [7, 11) is 0. The van der Waals surface area contributed by atoms with Crippen LogP contribution >= 0.6 is 0 Å². The van der Waals surface area contributed by atoms with Crippen LogP contribution in [0.25, 0.3) is 0 Å². The number of hydrogen-bond acceptors (Lipinski definition) is 3. The van der Waals surface area contributed by atoms with Crippen molar-refractivity contribution in [2.24, 2.45) is 5.73 Å². The number of nitrogens with one attached hydrogen (secondary N) is 1. The van der Waals surface area contributed by atoms with Crippen LogP contribution in [0.4, 0.5) is 5.69 Å². The fourth-order valence-corrected chi connectivity index (χ4v) is 3.70. The van der Waals surface area contributed by atoms with Crippen molar-refractivity contribution in [3.63, 3.8) is 0 Å². The average Bonchev–Trinajstić information content (AvgIpc) is 3.01. The van der Waals surface area contributed by atoms with E-state index in [1.54, 1.807) is 0 Å². The number of hydrogen-bond donors (Lipinski definition) is 2. The zero-order chi connectivity index (χ0) is 17.2. The molecule has 1 aromatic rings. The van der Waals surface area contributed by atoms with Gasteiger partial charge < -0.3 is 16.0 Å². The Morgan fingerprint density at radius 3 is 2.42 bits per heavy atom. The molecular formula is C19H27N3O2. The fraction of sp³-hybridized carbons (Fsp3) is 0.579. The summed E-state index contributed by atoms with van der Waals surface area (Å²) in [6.07, 6.45) is 6.30. The van der Waals surface area contributed by atoms with Crippen LogP contribution in [-0.4, -0.2) is 23.9 Å². The topological polar surface area (TPSA) is 75.4 Å². The van der Waals surface area contributed by atoms with Gasteiger partial charge in [-0.1, -0.05) is 31.4 Å². The maximum absolute atomic E-state index is 12.5. The number of nitrogens with two attached hydrogens (primary N) is 1. The molecule has 24 heavy (non-hydrogen) atoms. The van der Waals surface area contributed by atoms with Crippen LogP contribution in [0.2, 0.25) is 0 Å². The molecule has 0 aromatic heterocycles. The molecule has 1 saturated heterocycles. The first-order valence-electron chi connectivity index (χ1n) is 9.00. The van der Waals surface area contributed by atoms with Crippen LogP contribution in [0.1, 0.15) is 63.5 Å². The molecule has 0 bridgehead atoms. The zero-order valence-electron chi connectivity index (χ0n) is 14.4. The summed E-state index contributed by atoms with van der Waals surface area (Å²) < 4.78 is 0. The summed E-state index contributed by atoms with van der Waals surface area (Å²) >= 11 is 0. The second-order valence-electron chi connectivity index (χ2n) is 7.15. The Balaban J connectivity index is 1.63. The Morgan fingerprint density at radius 2 is 1.83 bits per heavy atom. The molecule has 0 spiro atoms. The van der Waals surface area contributed by atoms with Crippen LogP contribution in [-0.2, 0) is 9.59 Å². The molecule has 1 saturated carbocycles. The summed E-state index contributed by atoms with van der Waals surface area (Å²) in [4.78, 5) is 26.2. The molecule has 0 radical (unpaired) electrons. The van der Waals surface area contributed by atoms with E-state index >= 15 is 0 Å². The third kappa shape index (κ3) is 3.46. The normalized spacial score (nSPS) is 21.6. The van der Waals surface area contributed by atoms with Crippen molar-refractivity contribution in [3.8, 4) is 0 Å². The van der Waals surface area contributed by atoms with Crippen molar-refractivity contribution in [2.45, 2.75) is 63.5 Å². The second kappa shape index (κ2) is 6.93. The summed E-state index contributed by atoms with van der Waals surface area (Å²) in [6.45, 7) is 2.76. The molecule has 1 atom stereocenters. The maximum atomic E-state index is 12.5. The van der Waals surface area contributed by atoms with Gasteiger partial charge in [0.1, 0.15) is 0 Å². The van der Waals surface area contributed by atoms with Crippen molar-refractivity contribution < 1.29 is 9.59 Å². The molecule has 1 aliphatic heterocycles. The van der Waals surface area contributed by atoms with Gasteiger partial charge in [0, 0.05) is 18.7 Å². The Bertz CT molecular complexity index is 606. The van der Waals surface area contributed by atoms with Crippen molar-refractivity contribution in [1.29, 1.82) is 0 Å². The minimum Gasteiger partial charge on any atom is -0.348 e. The van der Waals surface area contributed by atoms with Crippen molar-refractivity contribution in [1.82, 2.24) is 5.32 Å². The van der Waals surface area contributed by atoms with Crippen molar-refractivity contribution in [2.75, 3.05) is 11.4 Å². The van der Waals surface area contributed by atoms with Gasteiger partial charge in [-0.3, -0.25) is 9.59 Å². The van der Waals surface area contributed by atoms with E-state index in [9.17, 15) is 9.59 Å². The van der Waals surface area contributed by atoms with E-state index in [1.807, 2.05) is 36.1 Å². The highest BCUT2D eigenvalue weighted by atomic mass is 16.2. The number of anilines is 1. The number of amides is 2. The van der Waals surface area contributed by atoms with Gasteiger partial charge >= 0.3 is 0 Å². The number of carbonyl (C=O) groups excluding carboxylic acids is 2. The second-order valence-corrected chi connectivity index (χ2v) is 7.15. The van der Waals surface area contributed by atoms with Crippen LogP contribution < -0.4 is 16.0 Å². The number of rotatable bonds is 4. The first-order valence-corrected chi connectivity index (χ1v) is 9.00. The molecule has 5 heteroatoms. The molecule has 2 amide bonds. The van der Waals surface area contributed by atoms with Gasteiger partial charge in [0.05, 0.1) is 11.6 Å². The molecule has 3 rings (SSSR count). The zero-order valence-corrected chi connectivity index (χ0v) is 14.4. The lowest BCUT2D eigenvalue weighted by atomic mass is 9.81. The first kappa shape index (κ1) is 17.0. The SMILES string of the molecule is CC(NC(=O)C1(N)CCCCC1)c1ccc(N2CCCC2=O)cc1. The van der Waals surface area contributed by atoms with Gasteiger partial charge in [-0.2, -0.15) is 0 Å². The quantitative estimate of drug-likeness (QED) is 0.891. The fourth-order valence-electron chi connectivity index (χ4n) is 3.70. The predicted molar refractivity (Wildman–Crippen MR) is 94.6 cm³/mol. The Hall–Kier alpha value is -1.88. The van der Waals surface area contributed by atoms with Crippen molar-refractivity contribution >= 4 is 17.5 Å². The van der Waals surface area contributed by atoms with Gasteiger partial charge in [-0.15, -0.1) is 0 Å². The number of nitrogens with zero attached hydrogens (tertiary/aromatic N) is 1. The summed E-state index contributed by atoms with van der Waals surface area (Å²) in [6, 6.07) is 7.79. The molecule has 3 N–H and O–H groups in total. The van der Waals surface area contributed by atoms with Gasteiger partial charge in [-0.05, 0) is 43.9 Å². The standard InChI is InChI=1S/C19H27N3O2/c1-14(21-18(24)19(20)11-3-2-4-12-19)15-7-9-16(10-8-15)22-13-5-6-17(22)23/h7-10,14H,2-6,11-13,20H2,1H3,(H,21,24). The minimum absolute atomic E-state index is 0.0477. The number of carbonyl (C=O) groups is 2. The van der Waals surface area contributed by atoms with Gasteiger partial charge in [0.25, 0.3) is 0 Å². The minimum atomic E-state index is -0.714. The predicted octanol–water partition coefficient (Wildman–Crippen LogP) is 2.65. The van der Waals surface area contributed by atoms with Gasteiger partial charge in [0.15, 0.2) is 0 Å². The summed E-state index contributed by atoms with van der Waals surface area (Å²) in [5.74, 6) is 0.139. The van der Waals surface area contributed by atoms with E-state index in [2.05, 4.69) is 5.32 Å². The van der Waals surface area contributed by atoms with E-state index in [1.165, 1.54) is 6.42 Å². The largest absolute Gasteiger partial charge is 0.348 e. The van der Waals surface area contributed by atoms with E-state index in [0.29, 0.717) is 6.42 Å². The van der Waals surface area contributed by atoms with Crippen molar-refractivity contribution in [3.05, 3.63) is 29.8 Å². The van der Waals surface area contributed by atoms with E-state index in [-0.39, 0.29) is 17.9 Å². The highest BCUT2D eigenvalue weighted by Crippen LogP contribution is 2.28. The molecule has 5 nitrogen and oxygen atoms in total. The Kier molecular flexibility index (Phi) is 4.90. The third-order valence-corrected chi connectivity index (χ3v) is 5.32. The molecular weight excluding hydrogens is 302 g/mol. The van der Waals surface area contributed by atoms with Crippen LogP contribution in [0.15, 0.2) is 24.3 Å². The lowest BCUT2D eigenvalue weighted by Gasteiger charge is -2.33. The summed E-state index contributed by atoms with van der Waals surface area (Å²) in [5, 5.41) is 3.06. The molecule has 1 unspecified atom stereocenters. The smallest absolute Gasteiger partial charge is 0.240 e. The van der Waals surface area contributed by atoms with E-state index < -0.39 is 5.54 Å². The van der Waals surface area contributed by atoms with E-state index in [0.717, 1.165) is 49.9 Å². The molecule has 2 fully saturated rings. The Morgan fingerprint density at radius 1 is 1.17 bits per heavy atom. The highest BCUT2D eigenvalue weighted by Gasteiger charge is 2.35. The third-order valence-electron chi connectivity index (χ3n) is 5.32. The van der Waals surface area contributed by atoms with Gasteiger partial charge in [-0.25, -0.2) is 0 Å². The number of benzene rings is 1. The molecule has 130 valence electrons. The van der Waals surface area contributed by atoms with Crippen LogP contribution in [0.5, 0.6) is 0 Å². The van der Waals surface area contributed by atoms with E-state index in [4.69, 9.17) is 5.73 Å². The lowest BCUT2D eigenvalue weighted by molar-refractivity contribution is -0.128. The average molecular weight is 329 g/mol. The molecule has 1 heterocycles. The Labute approximate surface area is 143 Å². The molecule has 1 aliphatic carbocycles. The van der Waals surface area contributed by atoms with Crippen LogP contribution in [0.3, 0.4) is 0 Å². The highest BCUT2D eigenvalue weighted by molar-refractivity contribution is 5.95. The lowest BCUT2D eigenvalue weighted by Crippen LogP contribution is -2.55. The monoisotopic (exact) mass is 329 g/mol. The van der Waals surface area contributed by atoms with Gasteiger partial charge in [0.2, 0.25) is 11.8 Å². The maximum Gasteiger partial charge on any atom is 0.240 e. The first-order chi connectivity index (χ1) is 11.5. The molecule has 2 aliphatic rings. The van der Waals surface area contributed by atoms with Crippen LogP contribution in [0, 0.1) is 0 Å².